The molecule has 0 aromatic heterocycles. The fourth-order valence-electron chi connectivity index (χ4n) is 8.66. The third kappa shape index (κ3) is 36.9. The molecule has 78 heavy (non-hydrogen) atoms. The molecule has 1 amide bonds. The second-order valence-electron chi connectivity index (χ2n) is 22.0. The van der Waals surface area contributed by atoms with Crippen molar-refractivity contribution in [3.8, 4) is 0 Å². The molecule has 0 saturated carbocycles. The van der Waals surface area contributed by atoms with Crippen LogP contribution in [0.4, 0.5) is 0 Å². The number of aliphatic hydroxyl groups is 3. The maximum absolute atomic E-state index is 12.6. The average molecular weight is 1130 g/mol. The van der Waals surface area contributed by atoms with Gasteiger partial charge in [-0.3, -0.25) is 13.8 Å². The summed E-state index contributed by atoms with van der Waals surface area (Å²) in [4.78, 5) is 31.9. The lowest BCUT2D eigenvalue weighted by Gasteiger charge is -2.42. The summed E-state index contributed by atoms with van der Waals surface area (Å²) in [5.41, 5.74) is 15.3. The van der Waals surface area contributed by atoms with E-state index in [1.807, 2.05) is 6.92 Å². The molecule has 1 aliphatic heterocycles. The van der Waals surface area contributed by atoms with E-state index in [0.717, 1.165) is 128 Å². The van der Waals surface area contributed by atoms with Gasteiger partial charge in [-0.2, -0.15) is 4.31 Å². The Morgan fingerprint density at radius 3 is 1.00 bits per heavy atom. The second kappa shape index (κ2) is 40.8. The number of carbonyl (C=O) groups is 1. The van der Waals surface area contributed by atoms with Gasteiger partial charge in [0.15, 0.2) is 6.29 Å². The number of hydrogen-bond acceptors (Lipinski definition) is 10. The van der Waals surface area contributed by atoms with E-state index in [9.17, 15) is 39.0 Å². The van der Waals surface area contributed by atoms with E-state index in [1.54, 1.807) is 6.08 Å². The highest BCUT2D eigenvalue weighted by molar-refractivity contribution is 7.61. The van der Waals surface area contributed by atoms with Crippen molar-refractivity contribution in [1.82, 2.24) is 5.32 Å². The molecule has 0 spiro atoms. The number of aliphatic hydroxyl groups excluding tert-OH is 3. The van der Waals surface area contributed by atoms with E-state index < -0.39 is 65.4 Å². The average Bonchev–Trinajstić information content (AvgIpc) is 3.33. The van der Waals surface area contributed by atoms with Crippen molar-refractivity contribution in [3.05, 3.63) is 128 Å². The van der Waals surface area contributed by atoms with Gasteiger partial charge < -0.3 is 35.2 Å². The molecule has 1 fully saturated rings. The first-order valence-corrected chi connectivity index (χ1v) is 31.5. The van der Waals surface area contributed by atoms with E-state index in [0.29, 0.717) is 6.42 Å². The van der Waals surface area contributed by atoms with Crippen LogP contribution in [0.2, 0.25) is 0 Å². The first-order chi connectivity index (χ1) is 36.7. The molecule has 1 saturated heterocycles. The molecular weight excluding hydrogens is 1020 g/mol. The topological polar surface area (TPSA) is 201 Å². The van der Waals surface area contributed by atoms with Crippen LogP contribution in [0.5, 0.6) is 0 Å². The largest absolute Gasteiger partial charge is 0.483 e. The molecule has 7 atom stereocenters. The first-order valence-electron chi connectivity index (χ1n) is 28.5. The van der Waals surface area contributed by atoms with Crippen molar-refractivity contribution in [2.24, 2.45) is 0 Å². The van der Waals surface area contributed by atoms with Crippen molar-refractivity contribution >= 4 is 21.6 Å². The Morgan fingerprint density at radius 1 is 0.449 bits per heavy atom. The maximum Gasteiger partial charge on any atom is 0.483 e. The summed E-state index contributed by atoms with van der Waals surface area (Å²) in [5.74, 6) is -0.707. The van der Waals surface area contributed by atoms with Crippen LogP contribution in [0.25, 0.3) is 0 Å². The Hall–Kier alpha value is -3.29. The quantitative estimate of drug-likeness (QED) is 0.0252. The van der Waals surface area contributed by atoms with Crippen LogP contribution >= 0.6 is 15.6 Å². The minimum atomic E-state index is -5.42. The summed E-state index contributed by atoms with van der Waals surface area (Å²) in [6.07, 6.45) is 39.6. The Morgan fingerprint density at radius 2 is 0.731 bits per heavy atom. The predicted molar refractivity (Wildman–Crippen MR) is 322 cm³/mol. The summed E-state index contributed by atoms with van der Waals surface area (Å²) in [6.45, 7) is 26.2. The van der Waals surface area contributed by atoms with Crippen molar-refractivity contribution < 1.29 is 57.1 Å². The first kappa shape index (κ1) is 72.7. The Labute approximate surface area is 472 Å². The Kier molecular flexibility index (Phi) is 38.1. The highest BCUT2D eigenvalue weighted by Gasteiger charge is 2.49. The summed E-state index contributed by atoms with van der Waals surface area (Å²) < 4.78 is 44.4. The fraction of sp³-hybridized carbons (Fsp3) is 0.635. The zero-order valence-corrected chi connectivity index (χ0v) is 52.1. The van der Waals surface area contributed by atoms with Gasteiger partial charge in [0.25, 0.3) is 0 Å². The highest BCUT2D eigenvalue weighted by Crippen LogP contribution is 2.61. The number of phosphoric acid groups is 2. The van der Waals surface area contributed by atoms with Gasteiger partial charge in [0.1, 0.15) is 24.4 Å². The molecule has 0 aromatic carbocycles. The molecular formula is C63H105NO12P2. The second-order valence-corrected chi connectivity index (χ2v) is 25.0. The van der Waals surface area contributed by atoms with E-state index in [2.05, 4.69) is 147 Å². The van der Waals surface area contributed by atoms with Gasteiger partial charge in [-0.1, -0.05) is 128 Å². The summed E-state index contributed by atoms with van der Waals surface area (Å²) in [7, 11) is -10.6. The van der Waals surface area contributed by atoms with Crippen LogP contribution < -0.4 is 5.32 Å². The molecule has 13 nitrogen and oxygen atoms in total. The highest BCUT2D eigenvalue weighted by atomic mass is 31.3. The van der Waals surface area contributed by atoms with Gasteiger partial charge in [-0.05, 0) is 212 Å². The third-order valence-corrected chi connectivity index (χ3v) is 16.3. The number of hydrogen-bond donors (Lipinski definition) is 6. The monoisotopic (exact) mass is 1130 g/mol. The van der Waals surface area contributed by atoms with Gasteiger partial charge in [0.2, 0.25) is 5.91 Å². The molecule has 444 valence electrons. The van der Waals surface area contributed by atoms with Crippen LogP contribution in [0.3, 0.4) is 0 Å². The number of amides is 1. The molecule has 0 radical (unpaired) electrons. The molecule has 0 aromatic rings. The Bertz CT molecular complexity index is 2260. The minimum absolute atomic E-state index is 0.407. The van der Waals surface area contributed by atoms with Crippen molar-refractivity contribution in [3.63, 3.8) is 0 Å². The zero-order chi connectivity index (χ0) is 58.7. The lowest BCUT2D eigenvalue weighted by Crippen LogP contribution is -2.64. The summed E-state index contributed by atoms with van der Waals surface area (Å²) in [5, 5.41) is 32.1. The summed E-state index contributed by atoms with van der Waals surface area (Å²) in [6, 6.07) is -1.58. The molecule has 0 bridgehead atoms. The zero-order valence-electron chi connectivity index (χ0n) is 50.3. The van der Waals surface area contributed by atoms with Crippen LogP contribution in [0.1, 0.15) is 218 Å². The lowest BCUT2D eigenvalue weighted by molar-refractivity contribution is -0.247. The maximum atomic E-state index is 12.6. The molecule has 0 aliphatic carbocycles. The number of phosphoric ester groups is 2. The van der Waals surface area contributed by atoms with Gasteiger partial charge in [0, 0.05) is 6.92 Å². The summed E-state index contributed by atoms with van der Waals surface area (Å²) >= 11 is 0. The van der Waals surface area contributed by atoms with Crippen LogP contribution in [-0.4, -0.2) is 74.9 Å². The lowest BCUT2D eigenvalue weighted by atomic mass is 9.97. The van der Waals surface area contributed by atoms with E-state index in [1.165, 1.54) is 62.2 Å². The number of allylic oxidation sites excluding steroid dienone is 21. The number of rotatable bonds is 39. The van der Waals surface area contributed by atoms with Crippen molar-refractivity contribution in [2.75, 3.05) is 13.2 Å². The van der Waals surface area contributed by atoms with Gasteiger partial charge in [-0.15, -0.1) is 0 Å². The number of ether oxygens (including phenoxy) is 1. The van der Waals surface area contributed by atoms with Gasteiger partial charge >= 0.3 is 15.6 Å². The third-order valence-electron chi connectivity index (χ3n) is 13.7. The van der Waals surface area contributed by atoms with Gasteiger partial charge in [0.05, 0.1) is 13.2 Å². The van der Waals surface area contributed by atoms with Crippen LogP contribution in [0.15, 0.2) is 128 Å². The van der Waals surface area contributed by atoms with Crippen molar-refractivity contribution in [2.45, 2.75) is 249 Å². The number of carbonyl (C=O) groups excluding carboxylic acids is 1. The predicted octanol–water partition coefficient (Wildman–Crippen LogP) is 16.4. The van der Waals surface area contributed by atoms with E-state index in [4.69, 9.17) is 13.8 Å². The van der Waals surface area contributed by atoms with E-state index in [-0.39, 0.29) is 0 Å². The van der Waals surface area contributed by atoms with Gasteiger partial charge in [-0.25, -0.2) is 9.13 Å². The van der Waals surface area contributed by atoms with Crippen molar-refractivity contribution in [1.29, 1.82) is 0 Å². The smallest absolute Gasteiger partial charge is 0.394 e. The molecule has 1 rings (SSSR count). The molecule has 15 heteroatoms. The fourth-order valence-corrected chi connectivity index (χ4v) is 10.8. The molecule has 2 unspecified atom stereocenters. The van der Waals surface area contributed by atoms with Crippen LogP contribution in [0, 0.1) is 0 Å². The number of nitrogens with one attached hydrogen (secondary N) is 1. The Balaban J connectivity index is 2.33. The standard InChI is InChI=1S/C63H105NO12P2/c1-47(2)24-14-25-48(3)26-15-27-49(4)28-16-29-50(5)30-17-31-51(6)32-18-33-52(7)34-19-35-53(8)36-20-37-54(9)38-21-39-55(10)40-22-41-56(11)42-23-43-57(12)44-45-73-77(69,70)76-78(71,72)75-63-60(64-58(13)66)62(68)61(67)59(46-65)74-63/h24,26,28,30,32,34,36,38,40,42,44,59-63,65,67-68H,14-23,25,27,29,31,33,35,37,39,41,43,45-46H2,1-13H3,(H,64,66)(H,69,70)(H,71,72)/b48-26+,49-28+,50-30+,51-32+,52-34+,53-36+,54-38+,55-40+,56-42+,57-44+/t59-,60-,61-,62-,63+/m1/s1. The molecule has 6 N–H and O–H groups in total. The molecule has 1 heterocycles. The normalized spacial score (nSPS) is 21.6. The molecule has 1 aliphatic rings. The van der Waals surface area contributed by atoms with Crippen LogP contribution in [-0.2, 0) is 32.0 Å². The van der Waals surface area contributed by atoms with E-state index >= 15 is 0 Å². The SMILES string of the molecule is CC(=O)N[C@H]1[C@H](OP(=O)(O)OP(=O)(O)OC/C=C(\C)CC/C=C(\C)CC/C=C(\C)CC/C=C(\C)CC/C=C(\C)CC/C=C(\C)CC/C=C(\C)CC/C=C(\C)CC/C=C(\C)CC/C=C(\C)CCC=C(C)C)O[C@H](CO)[C@@H](O)[C@@H]1O. The minimum Gasteiger partial charge on any atom is -0.394 e.